The normalized spacial score (nSPS) is 13.7. The van der Waals surface area contributed by atoms with Gasteiger partial charge in [-0.15, -0.1) is 22.7 Å². The third-order valence-corrected chi connectivity index (χ3v) is 6.44. The van der Waals surface area contributed by atoms with Gasteiger partial charge in [0.2, 0.25) is 0 Å². The lowest BCUT2D eigenvalue weighted by molar-refractivity contribution is 0.382. The molecular formula is C20H22O3S2. The van der Waals surface area contributed by atoms with Crippen molar-refractivity contribution in [3.05, 3.63) is 72.6 Å². The molecule has 132 valence electrons. The summed E-state index contributed by atoms with van der Waals surface area (Å²) in [6.45, 7) is 4.09. The number of hydrogen-bond donors (Lipinski definition) is 1. The van der Waals surface area contributed by atoms with Gasteiger partial charge in [0.05, 0.1) is 5.56 Å². The van der Waals surface area contributed by atoms with Crippen LogP contribution in [0.25, 0.3) is 0 Å². The van der Waals surface area contributed by atoms with E-state index in [2.05, 4.69) is 13.0 Å². The van der Waals surface area contributed by atoms with Gasteiger partial charge in [0.25, 0.3) is 0 Å². The van der Waals surface area contributed by atoms with E-state index in [1.54, 1.807) is 28.7 Å². The summed E-state index contributed by atoms with van der Waals surface area (Å²) in [5, 5.41) is 14.6. The fraction of sp³-hybridized carbons (Fsp3) is 0.350. The quantitative estimate of drug-likeness (QED) is 0.573. The van der Waals surface area contributed by atoms with Crippen molar-refractivity contribution in [3.8, 4) is 5.75 Å². The summed E-state index contributed by atoms with van der Waals surface area (Å²) in [6, 6.07) is 9.72. The first-order valence-electron chi connectivity index (χ1n) is 8.56. The first-order chi connectivity index (χ1) is 12.1. The van der Waals surface area contributed by atoms with Crippen molar-refractivity contribution >= 4 is 22.7 Å². The number of thiophene rings is 2. The molecule has 2 atom stereocenters. The molecule has 0 spiro atoms. The first-order valence-corrected chi connectivity index (χ1v) is 10.3. The Labute approximate surface area is 155 Å². The van der Waals surface area contributed by atoms with Crippen molar-refractivity contribution < 1.29 is 9.52 Å². The lowest BCUT2D eigenvalue weighted by atomic mass is 9.93. The van der Waals surface area contributed by atoms with Gasteiger partial charge in [0.15, 0.2) is 0 Å². The Morgan fingerprint density at radius 2 is 1.88 bits per heavy atom. The summed E-state index contributed by atoms with van der Waals surface area (Å²) in [7, 11) is 0. The Balaban J connectivity index is 1.95. The van der Waals surface area contributed by atoms with Crippen molar-refractivity contribution in [1.82, 2.24) is 0 Å². The zero-order valence-corrected chi connectivity index (χ0v) is 16.0. The molecule has 0 amide bonds. The Morgan fingerprint density at radius 3 is 2.44 bits per heavy atom. The highest BCUT2D eigenvalue weighted by molar-refractivity contribution is 7.10. The summed E-state index contributed by atoms with van der Waals surface area (Å²) in [4.78, 5) is 15.0. The molecule has 0 bridgehead atoms. The van der Waals surface area contributed by atoms with Crippen LogP contribution in [0.4, 0.5) is 0 Å². The van der Waals surface area contributed by atoms with Gasteiger partial charge in [0, 0.05) is 27.7 Å². The van der Waals surface area contributed by atoms with Crippen LogP contribution in [-0.4, -0.2) is 5.11 Å². The largest absolute Gasteiger partial charge is 0.507 e. The highest BCUT2D eigenvalue weighted by Crippen LogP contribution is 2.36. The van der Waals surface area contributed by atoms with Gasteiger partial charge in [-0.3, -0.25) is 0 Å². The highest BCUT2D eigenvalue weighted by Gasteiger charge is 2.24. The molecule has 2 unspecified atom stereocenters. The Morgan fingerprint density at radius 1 is 1.12 bits per heavy atom. The Bertz CT molecular complexity index is 848. The van der Waals surface area contributed by atoms with E-state index < -0.39 is 5.63 Å². The van der Waals surface area contributed by atoms with Gasteiger partial charge in [-0.05, 0) is 42.2 Å². The van der Waals surface area contributed by atoms with E-state index in [9.17, 15) is 9.90 Å². The molecule has 0 aromatic carbocycles. The monoisotopic (exact) mass is 374 g/mol. The fourth-order valence-electron chi connectivity index (χ4n) is 3.19. The van der Waals surface area contributed by atoms with Crippen LogP contribution in [0.15, 0.2) is 50.3 Å². The Hall–Kier alpha value is -1.85. The molecule has 3 rings (SSSR count). The average Bonchev–Trinajstić information content (AvgIpc) is 3.29. The number of rotatable bonds is 7. The smallest absolute Gasteiger partial charge is 0.343 e. The maximum Gasteiger partial charge on any atom is 0.343 e. The molecule has 0 radical (unpaired) electrons. The van der Waals surface area contributed by atoms with E-state index in [1.807, 2.05) is 35.9 Å². The standard InChI is InChI=1S/C20H22O3S2/c1-3-13(11-14-7-5-9-24-14)17-12-16(21)19(20(22)23-17)15(4-2)18-8-6-10-25-18/h5-10,12-13,15,21H,3-4,11H2,1-2H3. The van der Waals surface area contributed by atoms with Crippen LogP contribution < -0.4 is 5.63 Å². The van der Waals surface area contributed by atoms with Gasteiger partial charge in [-0.2, -0.15) is 0 Å². The van der Waals surface area contributed by atoms with Gasteiger partial charge in [-0.1, -0.05) is 26.0 Å². The molecule has 0 aliphatic rings. The van der Waals surface area contributed by atoms with Crippen LogP contribution >= 0.6 is 22.7 Å². The molecular weight excluding hydrogens is 352 g/mol. The van der Waals surface area contributed by atoms with Crippen LogP contribution in [0, 0.1) is 0 Å². The van der Waals surface area contributed by atoms with Crippen LogP contribution in [0.3, 0.4) is 0 Å². The molecule has 5 heteroatoms. The van der Waals surface area contributed by atoms with Crippen molar-refractivity contribution in [2.24, 2.45) is 0 Å². The van der Waals surface area contributed by atoms with Crippen molar-refractivity contribution in [3.63, 3.8) is 0 Å². The first kappa shape index (κ1) is 18.0. The average molecular weight is 375 g/mol. The third kappa shape index (κ3) is 3.88. The zero-order valence-electron chi connectivity index (χ0n) is 14.4. The van der Waals surface area contributed by atoms with E-state index in [0.29, 0.717) is 11.3 Å². The van der Waals surface area contributed by atoms with E-state index >= 15 is 0 Å². The number of aromatic hydroxyl groups is 1. The molecule has 1 N–H and O–H groups in total. The molecule has 0 aliphatic heterocycles. The molecule has 0 saturated carbocycles. The summed E-state index contributed by atoms with van der Waals surface area (Å²) in [5.41, 5.74) is -0.0421. The fourth-order valence-corrected chi connectivity index (χ4v) is 4.89. The topological polar surface area (TPSA) is 50.4 Å². The van der Waals surface area contributed by atoms with Gasteiger partial charge in [-0.25, -0.2) is 4.79 Å². The van der Waals surface area contributed by atoms with Crippen molar-refractivity contribution in [2.45, 2.75) is 44.9 Å². The number of hydrogen-bond acceptors (Lipinski definition) is 5. The zero-order chi connectivity index (χ0) is 17.8. The lowest BCUT2D eigenvalue weighted by Crippen LogP contribution is -2.15. The SMILES string of the molecule is CCC(Cc1cccs1)c1cc(O)c(C(CC)c2cccs2)c(=O)o1. The second-order valence-corrected chi connectivity index (χ2v) is 8.11. The van der Waals surface area contributed by atoms with Crippen LogP contribution in [-0.2, 0) is 6.42 Å². The Kier molecular flexibility index (Phi) is 5.76. The molecule has 3 aromatic heterocycles. The third-order valence-electron chi connectivity index (χ3n) is 4.55. The minimum atomic E-state index is -0.417. The lowest BCUT2D eigenvalue weighted by Gasteiger charge is -2.17. The van der Waals surface area contributed by atoms with Crippen molar-refractivity contribution in [1.29, 1.82) is 0 Å². The summed E-state index contributed by atoms with van der Waals surface area (Å²) >= 11 is 3.29. The molecule has 0 fully saturated rings. The molecule has 3 nitrogen and oxygen atoms in total. The summed E-state index contributed by atoms with van der Waals surface area (Å²) in [6.07, 6.45) is 2.41. The minimum absolute atomic E-state index is 0.0520. The van der Waals surface area contributed by atoms with Crippen LogP contribution in [0.2, 0.25) is 0 Å². The molecule has 25 heavy (non-hydrogen) atoms. The maximum absolute atomic E-state index is 12.7. The van der Waals surface area contributed by atoms with E-state index in [-0.39, 0.29) is 17.6 Å². The van der Waals surface area contributed by atoms with E-state index in [4.69, 9.17) is 4.42 Å². The summed E-state index contributed by atoms with van der Waals surface area (Å²) < 4.78 is 5.67. The van der Waals surface area contributed by atoms with Gasteiger partial charge in [0.1, 0.15) is 11.5 Å². The molecule has 0 aliphatic carbocycles. The van der Waals surface area contributed by atoms with Gasteiger partial charge >= 0.3 is 5.63 Å². The van der Waals surface area contributed by atoms with Crippen LogP contribution in [0.1, 0.15) is 59.6 Å². The molecule has 0 saturated heterocycles. The molecule has 3 heterocycles. The predicted molar refractivity (Wildman–Crippen MR) is 104 cm³/mol. The second kappa shape index (κ2) is 8.02. The van der Waals surface area contributed by atoms with E-state index in [0.717, 1.165) is 24.1 Å². The highest BCUT2D eigenvalue weighted by atomic mass is 32.1. The minimum Gasteiger partial charge on any atom is -0.507 e. The maximum atomic E-state index is 12.7. The predicted octanol–water partition coefficient (Wildman–Crippen LogP) is 5.75. The summed E-state index contributed by atoms with van der Waals surface area (Å²) in [5.74, 6) is 0.593. The van der Waals surface area contributed by atoms with Gasteiger partial charge < -0.3 is 9.52 Å². The van der Waals surface area contributed by atoms with Crippen molar-refractivity contribution in [2.75, 3.05) is 0 Å². The second-order valence-electron chi connectivity index (χ2n) is 6.10. The van der Waals surface area contributed by atoms with Crippen LogP contribution in [0.5, 0.6) is 5.75 Å². The van der Waals surface area contributed by atoms with E-state index in [1.165, 1.54) is 4.88 Å². The molecule has 3 aromatic rings.